The molecule has 0 N–H and O–H groups in total. The first-order valence-electron chi connectivity index (χ1n) is 6.41. The van der Waals surface area contributed by atoms with E-state index in [0.717, 1.165) is 16.7 Å². The third-order valence-corrected chi connectivity index (χ3v) is 3.58. The lowest BCUT2D eigenvalue weighted by molar-refractivity contribution is 0.104. The second-order valence-corrected chi connectivity index (χ2v) is 5.57. The number of hydrogen-bond donors (Lipinski definition) is 0. The Morgan fingerprint density at radius 1 is 1.10 bits per heavy atom. The summed E-state index contributed by atoms with van der Waals surface area (Å²) in [5, 5.41) is 0.866. The molecule has 0 heterocycles. The van der Waals surface area contributed by atoms with Crippen LogP contribution in [-0.2, 0) is 0 Å². The molecule has 106 valence electrons. The molecule has 1 nitrogen and oxygen atoms in total. The molecule has 0 atom stereocenters. The molecule has 0 saturated heterocycles. The van der Waals surface area contributed by atoms with E-state index in [2.05, 4.69) is 6.58 Å². The van der Waals surface area contributed by atoms with Crippen molar-refractivity contribution in [2.45, 2.75) is 6.92 Å². The van der Waals surface area contributed by atoms with Crippen LogP contribution in [0.5, 0.6) is 0 Å². The maximum Gasteiger partial charge on any atom is 0.187 e. The fraction of sp³-hybridized carbons (Fsp3) is 0.0556. The lowest BCUT2D eigenvalue weighted by Crippen LogP contribution is -1.95. The van der Waals surface area contributed by atoms with Gasteiger partial charge in [0, 0.05) is 10.6 Å². The molecule has 0 fully saturated rings. The van der Waals surface area contributed by atoms with Crippen molar-refractivity contribution in [2.24, 2.45) is 0 Å². The van der Waals surface area contributed by atoms with E-state index < -0.39 is 0 Å². The van der Waals surface area contributed by atoms with Crippen LogP contribution in [0.3, 0.4) is 0 Å². The van der Waals surface area contributed by atoms with Crippen molar-refractivity contribution in [2.75, 3.05) is 0 Å². The Morgan fingerprint density at radius 3 is 2.33 bits per heavy atom. The van der Waals surface area contributed by atoms with Gasteiger partial charge in [0.25, 0.3) is 0 Å². The average molecular weight is 317 g/mol. The van der Waals surface area contributed by atoms with Crippen molar-refractivity contribution >= 4 is 40.6 Å². The summed E-state index contributed by atoms with van der Waals surface area (Å²) in [7, 11) is 0. The van der Waals surface area contributed by atoms with Gasteiger partial charge < -0.3 is 0 Å². The van der Waals surface area contributed by atoms with Crippen molar-refractivity contribution in [1.82, 2.24) is 0 Å². The molecule has 0 spiro atoms. The maximum absolute atomic E-state index is 12.1. The smallest absolute Gasteiger partial charge is 0.187 e. The van der Waals surface area contributed by atoms with E-state index in [9.17, 15) is 4.79 Å². The average Bonchev–Trinajstić information content (AvgIpc) is 2.45. The third kappa shape index (κ3) is 4.07. The summed E-state index contributed by atoms with van der Waals surface area (Å²) in [5.41, 5.74) is 3.48. The number of halogens is 2. The maximum atomic E-state index is 12.1. The van der Waals surface area contributed by atoms with E-state index in [-0.39, 0.29) is 5.78 Å². The number of rotatable bonds is 4. The molecule has 0 saturated carbocycles. The highest BCUT2D eigenvalue weighted by atomic mass is 35.5. The second-order valence-electron chi connectivity index (χ2n) is 4.72. The van der Waals surface area contributed by atoms with Crippen LogP contribution in [0.15, 0.2) is 55.1 Å². The van der Waals surface area contributed by atoms with Crippen molar-refractivity contribution in [3.8, 4) is 0 Å². The SMILES string of the molecule is C=C(C)c1ccc(/C=C/C(=O)c2ccc(Cl)cc2Cl)cc1. The Labute approximate surface area is 134 Å². The Kier molecular flexibility index (Phi) is 5.00. The van der Waals surface area contributed by atoms with Gasteiger partial charge in [-0.15, -0.1) is 0 Å². The van der Waals surface area contributed by atoms with E-state index in [4.69, 9.17) is 23.2 Å². The van der Waals surface area contributed by atoms with Crippen molar-refractivity contribution in [3.05, 3.63) is 81.9 Å². The highest BCUT2D eigenvalue weighted by molar-refractivity contribution is 6.37. The first-order chi connectivity index (χ1) is 9.97. The zero-order valence-corrected chi connectivity index (χ0v) is 13.1. The molecule has 0 radical (unpaired) electrons. The molecular weight excluding hydrogens is 303 g/mol. The molecule has 0 amide bonds. The van der Waals surface area contributed by atoms with Crippen LogP contribution in [-0.4, -0.2) is 5.78 Å². The summed E-state index contributed by atoms with van der Waals surface area (Å²) in [5.74, 6) is -0.152. The first kappa shape index (κ1) is 15.6. The normalized spacial score (nSPS) is 10.8. The van der Waals surface area contributed by atoms with E-state index in [0.29, 0.717) is 15.6 Å². The Bertz CT molecular complexity index is 712. The summed E-state index contributed by atoms with van der Waals surface area (Å²) in [4.78, 5) is 12.1. The molecule has 0 aromatic heterocycles. The van der Waals surface area contributed by atoms with Gasteiger partial charge in [0.15, 0.2) is 5.78 Å². The minimum Gasteiger partial charge on any atom is -0.289 e. The highest BCUT2D eigenvalue weighted by Crippen LogP contribution is 2.22. The van der Waals surface area contributed by atoms with E-state index >= 15 is 0 Å². The third-order valence-electron chi connectivity index (χ3n) is 3.03. The summed E-state index contributed by atoms with van der Waals surface area (Å²) in [6, 6.07) is 12.7. The van der Waals surface area contributed by atoms with Crippen LogP contribution in [0, 0.1) is 0 Å². The van der Waals surface area contributed by atoms with Gasteiger partial charge in [0.05, 0.1) is 5.02 Å². The molecule has 2 aromatic rings. The molecule has 0 unspecified atom stereocenters. The van der Waals surface area contributed by atoms with Crippen molar-refractivity contribution < 1.29 is 4.79 Å². The minimum atomic E-state index is -0.152. The number of benzene rings is 2. The van der Waals surface area contributed by atoms with Gasteiger partial charge in [-0.2, -0.15) is 0 Å². The number of carbonyl (C=O) groups is 1. The summed E-state index contributed by atoms with van der Waals surface area (Å²) in [6.07, 6.45) is 3.26. The van der Waals surface area contributed by atoms with Gasteiger partial charge in [0.2, 0.25) is 0 Å². The number of ketones is 1. The Hall–Kier alpha value is -1.83. The van der Waals surface area contributed by atoms with Crippen molar-refractivity contribution in [3.63, 3.8) is 0 Å². The fourth-order valence-corrected chi connectivity index (χ4v) is 2.33. The minimum absolute atomic E-state index is 0.152. The van der Waals surface area contributed by atoms with Gasteiger partial charge in [-0.05, 0) is 42.3 Å². The molecule has 2 aromatic carbocycles. The first-order valence-corrected chi connectivity index (χ1v) is 7.16. The van der Waals surface area contributed by atoms with E-state index in [1.54, 1.807) is 24.3 Å². The van der Waals surface area contributed by atoms with Gasteiger partial charge >= 0.3 is 0 Å². The predicted molar refractivity (Wildman–Crippen MR) is 91.0 cm³/mol. The van der Waals surface area contributed by atoms with E-state index in [1.807, 2.05) is 31.2 Å². The predicted octanol–water partition coefficient (Wildman–Crippen LogP) is 5.92. The van der Waals surface area contributed by atoms with Crippen LogP contribution in [0.2, 0.25) is 10.0 Å². The van der Waals surface area contributed by atoms with Crippen LogP contribution >= 0.6 is 23.2 Å². The molecular formula is C18H14Cl2O. The number of carbonyl (C=O) groups excluding carboxylic acids is 1. The summed E-state index contributed by atoms with van der Waals surface area (Å²) < 4.78 is 0. The topological polar surface area (TPSA) is 17.1 Å². The van der Waals surface area contributed by atoms with Gasteiger partial charge in [-0.25, -0.2) is 0 Å². The zero-order chi connectivity index (χ0) is 15.4. The molecule has 21 heavy (non-hydrogen) atoms. The Balaban J connectivity index is 2.16. The van der Waals surface area contributed by atoms with Crippen LogP contribution in [0.4, 0.5) is 0 Å². The summed E-state index contributed by atoms with van der Waals surface area (Å²) in [6.45, 7) is 5.84. The number of hydrogen-bond acceptors (Lipinski definition) is 1. The summed E-state index contributed by atoms with van der Waals surface area (Å²) >= 11 is 11.8. The molecule has 2 rings (SSSR count). The van der Waals surface area contributed by atoms with Crippen LogP contribution in [0.25, 0.3) is 11.6 Å². The fourth-order valence-electron chi connectivity index (χ4n) is 1.83. The van der Waals surface area contributed by atoms with Crippen molar-refractivity contribution in [1.29, 1.82) is 0 Å². The lowest BCUT2D eigenvalue weighted by Gasteiger charge is -2.01. The van der Waals surface area contributed by atoms with Gasteiger partial charge in [-0.1, -0.05) is 65.7 Å². The van der Waals surface area contributed by atoms with E-state index in [1.165, 1.54) is 6.08 Å². The standard InChI is InChI=1S/C18H14Cl2O/c1-12(2)14-6-3-13(4-7-14)5-10-18(21)16-9-8-15(19)11-17(16)20/h3-11H,1H2,2H3/b10-5+. The zero-order valence-electron chi connectivity index (χ0n) is 11.6. The van der Waals surface area contributed by atoms with Crippen LogP contribution < -0.4 is 0 Å². The molecule has 3 heteroatoms. The molecule has 0 aliphatic heterocycles. The highest BCUT2D eigenvalue weighted by Gasteiger charge is 2.07. The van der Waals surface area contributed by atoms with Crippen LogP contribution in [0.1, 0.15) is 28.4 Å². The Morgan fingerprint density at radius 2 is 1.76 bits per heavy atom. The monoisotopic (exact) mass is 316 g/mol. The second kappa shape index (κ2) is 6.75. The van der Waals surface area contributed by atoms with Gasteiger partial charge in [0.1, 0.15) is 0 Å². The lowest BCUT2D eigenvalue weighted by atomic mass is 10.1. The molecule has 0 aliphatic carbocycles. The van der Waals surface area contributed by atoms with Gasteiger partial charge in [-0.3, -0.25) is 4.79 Å². The number of allylic oxidation sites excluding steroid dienone is 2. The molecule has 0 aliphatic rings. The largest absolute Gasteiger partial charge is 0.289 e. The quantitative estimate of drug-likeness (QED) is 0.505. The molecule has 0 bridgehead atoms.